The minimum Gasteiger partial charge on any atom is -0.480 e. The Morgan fingerprint density at radius 1 is 0.426 bits per heavy atom. The SMILES string of the molecule is CCCCC/C=C\C/C=C\C/C=C\C/C=C\CCCC(=O)N(CC(=O)O)C(=O)CCC/C=C\C/C=C\C/C=C\C/C=C\CCCCC. The summed E-state index contributed by atoms with van der Waals surface area (Å²) in [4.78, 5) is 37.5. The van der Waals surface area contributed by atoms with Gasteiger partial charge in [0.1, 0.15) is 6.54 Å². The summed E-state index contributed by atoms with van der Waals surface area (Å²) < 4.78 is 0. The lowest BCUT2D eigenvalue weighted by molar-refractivity contribution is -0.152. The third-order valence-electron chi connectivity index (χ3n) is 7.33. The van der Waals surface area contributed by atoms with Crippen LogP contribution in [0.3, 0.4) is 0 Å². The van der Waals surface area contributed by atoms with Gasteiger partial charge in [-0.25, -0.2) is 0 Å². The van der Waals surface area contributed by atoms with Crippen LogP contribution >= 0.6 is 0 Å². The molecule has 5 heteroatoms. The number of carbonyl (C=O) groups is 3. The molecule has 0 fully saturated rings. The van der Waals surface area contributed by atoms with Gasteiger partial charge in [-0.1, -0.05) is 137 Å². The molecule has 5 nitrogen and oxygen atoms in total. The molecule has 0 saturated carbocycles. The molecule has 2 amide bonds. The van der Waals surface area contributed by atoms with Crippen molar-refractivity contribution >= 4 is 17.8 Å². The van der Waals surface area contributed by atoms with Gasteiger partial charge in [0.25, 0.3) is 0 Å². The first kappa shape index (κ1) is 43.5. The van der Waals surface area contributed by atoms with Gasteiger partial charge in [-0.3, -0.25) is 19.3 Å². The zero-order valence-electron chi connectivity index (χ0n) is 29.7. The molecule has 0 aromatic heterocycles. The molecule has 0 aliphatic carbocycles. The summed E-state index contributed by atoms with van der Waals surface area (Å²) in [6.07, 6.45) is 52.9. The van der Waals surface area contributed by atoms with Crippen molar-refractivity contribution in [3.63, 3.8) is 0 Å². The van der Waals surface area contributed by atoms with E-state index in [4.69, 9.17) is 0 Å². The van der Waals surface area contributed by atoms with Gasteiger partial charge >= 0.3 is 5.97 Å². The van der Waals surface area contributed by atoms with E-state index in [-0.39, 0.29) is 12.8 Å². The average molecular weight is 648 g/mol. The molecule has 1 N–H and O–H groups in total. The van der Waals surface area contributed by atoms with Crippen LogP contribution in [0.1, 0.15) is 142 Å². The number of rotatable bonds is 30. The van der Waals surface area contributed by atoms with Crippen LogP contribution in [0.2, 0.25) is 0 Å². The Labute approximate surface area is 287 Å². The van der Waals surface area contributed by atoms with Crippen molar-refractivity contribution in [3.05, 3.63) is 97.2 Å². The molecule has 0 bridgehead atoms. The maximum Gasteiger partial charge on any atom is 0.323 e. The minimum absolute atomic E-state index is 0.161. The predicted molar refractivity (Wildman–Crippen MR) is 201 cm³/mol. The number of unbranched alkanes of at least 4 members (excludes halogenated alkanes) is 8. The Bertz CT molecular complexity index is 951. The van der Waals surface area contributed by atoms with Crippen molar-refractivity contribution < 1.29 is 19.5 Å². The second-order valence-electron chi connectivity index (χ2n) is 11.7. The molecule has 0 spiro atoms. The third kappa shape index (κ3) is 32.3. The fourth-order valence-corrected chi connectivity index (χ4v) is 4.58. The third-order valence-corrected chi connectivity index (χ3v) is 7.33. The Kier molecular flexibility index (Phi) is 32.8. The van der Waals surface area contributed by atoms with Gasteiger partial charge in [-0.05, 0) is 89.9 Å². The van der Waals surface area contributed by atoms with E-state index in [1.165, 1.54) is 51.4 Å². The number of carboxylic acids is 1. The molecule has 0 aliphatic heterocycles. The summed E-state index contributed by atoms with van der Waals surface area (Å²) in [6.45, 7) is 3.87. The molecule has 0 saturated heterocycles. The van der Waals surface area contributed by atoms with E-state index in [2.05, 4.69) is 98.9 Å². The monoisotopic (exact) mass is 647 g/mol. The van der Waals surface area contributed by atoms with E-state index < -0.39 is 24.3 Å². The molecule has 0 rings (SSSR count). The first-order valence-corrected chi connectivity index (χ1v) is 18.3. The number of carboxylic acid groups (broad SMARTS) is 1. The number of carbonyl (C=O) groups excluding carboxylic acids is 2. The van der Waals surface area contributed by atoms with E-state index in [0.29, 0.717) is 25.7 Å². The van der Waals surface area contributed by atoms with Crippen molar-refractivity contribution in [2.45, 2.75) is 142 Å². The maximum atomic E-state index is 12.6. The van der Waals surface area contributed by atoms with Crippen LogP contribution in [0.4, 0.5) is 0 Å². The first-order chi connectivity index (χ1) is 23.0. The van der Waals surface area contributed by atoms with Gasteiger partial charge < -0.3 is 5.11 Å². The molecule has 262 valence electrons. The number of allylic oxidation sites excluding steroid dienone is 16. The average Bonchev–Trinajstić information content (AvgIpc) is 3.06. The highest BCUT2D eigenvalue weighted by molar-refractivity contribution is 5.98. The second-order valence-corrected chi connectivity index (χ2v) is 11.7. The van der Waals surface area contributed by atoms with E-state index in [0.717, 1.165) is 43.4 Å². The van der Waals surface area contributed by atoms with Gasteiger partial charge in [0.15, 0.2) is 0 Å². The number of nitrogens with zero attached hydrogens (tertiary/aromatic N) is 1. The van der Waals surface area contributed by atoms with Crippen molar-refractivity contribution in [2.24, 2.45) is 0 Å². The highest BCUT2D eigenvalue weighted by Crippen LogP contribution is 2.08. The molecule has 0 aliphatic rings. The normalized spacial score (nSPS) is 12.6. The second kappa shape index (κ2) is 35.4. The van der Waals surface area contributed by atoms with Crippen molar-refractivity contribution in [2.75, 3.05) is 6.54 Å². The van der Waals surface area contributed by atoms with E-state index in [1.807, 2.05) is 12.2 Å². The lowest BCUT2D eigenvalue weighted by Crippen LogP contribution is -2.40. The van der Waals surface area contributed by atoms with Gasteiger partial charge in [0.2, 0.25) is 11.8 Å². The first-order valence-electron chi connectivity index (χ1n) is 18.3. The number of amides is 2. The highest BCUT2D eigenvalue weighted by Gasteiger charge is 2.22. The van der Waals surface area contributed by atoms with Gasteiger partial charge in [-0.15, -0.1) is 0 Å². The van der Waals surface area contributed by atoms with Crippen LogP contribution in [0.15, 0.2) is 97.2 Å². The Hall–Kier alpha value is -3.47. The molecule has 47 heavy (non-hydrogen) atoms. The summed E-state index contributed by atoms with van der Waals surface area (Å²) in [5, 5.41) is 9.23. The molecule has 0 unspecified atom stereocenters. The summed E-state index contributed by atoms with van der Waals surface area (Å²) in [5.41, 5.74) is 0. The molecule has 0 heterocycles. The standard InChI is InChI=1S/C42H65NO4/c1-3-5-7-9-11-13-15-17-19-21-23-25-27-29-31-33-35-37-40(44)43(39-42(46)47)41(45)38-36-34-32-30-28-26-24-22-20-18-16-14-12-10-8-6-4-2/h11-14,17-20,23-26,29-32H,3-10,15-16,21-22,27-28,33-39H2,1-2H3,(H,46,47)/b13-11-,14-12-,19-17-,20-18-,25-23-,26-24-,31-29-,32-30-. The van der Waals surface area contributed by atoms with E-state index in [9.17, 15) is 19.5 Å². The zero-order chi connectivity index (χ0) is 34.5. The van der Waals surface area contributed by atoms with Crippen LogP contribution in [0.25, 0.3) is 0 Å². The van der Waals surface area contributed by atoms with Gasteiger partial charge in [-0.2, -0.15) is 0 Å². The minimum atomic E-state index is -1.17. The molecular weight excluding hydrogens is 582 g/mol. The smallest absolute Gasteiger partial charge is 0.323 e. The van der Waals surface area contributed by atoms with Crippen molar-refractivity contribution in [3.8, 4) is 0 Å². The van der Waals surface area contributed by atoms with Crippen LogP contribution < -0.4 is 0 Å². The largest absolute Gasteiger partial charge is 0.480 e. The number of aliphatic carboxylic acids is 1. The summed E-state index contributed by atoms with van der Waals surface area (Å²) in [5.74, 6) is -2.00. The lowest BCUT2D eigenvalue weighted by atomic mass is 10.1. The zero-order valence-corrected chi connectivity index (χ0v) is 29.7. The van der Waals surface area contributed by atoms with Crippen LogP contribution in [-0.2, 0) is 14.4 Å². The number of hydrogen-bond acceptors (Lipinski definition) is 3. The van der Waals surface area contributed by atoms with Crippen molar-refractivity contribution in [1.82, 2.24) is 4.90 Å². The summed E-state index contributed by atoms with van der Waals surface area (Å²) >= 11 is 0. The molecule has 0 radical (unpaired) electrons. The van der Waals surface area contributed by atoms with E-state index in [1.54, 1.807) is 0 Å². The van der Waals surface area contributed by atoms with Crippen LogP contribution in [0.5, 0.6) is 0 Å². The van der Waals surface area contributed by atoms with Crippen LogP contribution in [-0.4, -0.2) is 34.3 Å². The quantitative estimate of drug-likeness (QED) is 0.0622. The number of hydrogen-bond donors (Lipinski definition) is 1. The van der Waals surface area contributed by atoms with Gasteiger partial charge in [0.05, 0.1) is 0 Å². The predicted octanol–water partition coefficient (Wildman–Crippen LogP) is 11.7. The Morgan fingerprint density at radius 3 is 0.979 bits per heavy atom. The summed E-state index contributed by atoms with van der Waals surface area (Å²) in [7, 11) is 0. The molecule has 0 atom stereocenters. The highest BCUT2D eigenvalue weighted by atomic mass is 16.4. The van der Waals surface area contributed by atoms with Crippen LogP contribution in [0, 0.1) is 0 Å². The fourth-order valence-electron chi connectivity index (χ4n) is 4.58. The molecule has 0 aromatic carbocycles. The Balaban J connectivity index is 4.11. The molecule has 0 aromatic rings. The topological polar surface area (TPSA) is 74.7 Å². The fraction of sp³-hybridized carbons (Fsp3) is 0.548. The molecular formula is C42H65NO4. The summed E-state index contributed by atoms with van der Waals surface area (Å²) in [6, 6.07) is 0. The number of imide groups is 1. The lowest BCUT2D eigenvalue weighted by Gasteiger charge is -2.18. The van der Waals surface area contributed by atoms with E-state index >= 15 is 0 Å². The Morgan fingerprint density at radius 2 is 0.702 bits per heavy atom. The maximum absolute atomic E-state index is 12.6. The van der Waals surface area contributed by atoms with Crippen molar-refractivity contribution in [1.29, 1.82) is 0 Å². The van der Waals surface area contributed by atoms with Gasteiger partial charge in [0, 0.05) is 12.8 Å².